The van der Waals surface area contributed by atoms with E-state index in [1.54, 1.807) is 0 Å². The number of alkyl halides is 3. The summed E-state index contributed by atoms with van der Waals surface area (Å²) in [5.74, 6) is -1.11. The maximum Gasteiger partial charge on any atom is 0.427 e. The number of aromatic nitrogens is 1. The number of hydrogen-bond donors (Lipinski definition) is 1. The van der Waals surface area contributed by atoms with Gasteiger partial charge in [0.2, 0.25) is 0 Å². The van der Waals surface area contributed by atoms with Gasteiger partial charge < -0.3 is 5.32 Å². The lowest BCUT2D eigenvalue weighted by Gasteiger charge is -2.04. The van der Waals surface area contributed by atoms with Crippen LogP contribution in [0.3, 0.4) is 0 Å². The molecule has 0 aliphatic carbocycles. The lowest BCUT2D eigenvalue weighted by Crippen LogP contribution is -2.06. The van der Waals surface area contributed by atoms with E-state index in [9.17, 15) is 22.0 Å². The van der Waals surface area contributed by atoms with E-state index >= 15 is 0 Å². The standard InChI is InChI=1S/C12H9F5N2S/c13-8-1-2-9(14)7(5-8)3-4-18-11-19-6-10(20-11)12(15,16)17/h1-2,5-6H,3-4H2,(H,18,19). The molecule has 0 bridgehead atoms. The predicted octanol–water partition coefficient (Wildman–Crippen LogP) is 4.09. The molecule has 0 fully saturated rings. The molecule has 2 nitrogen and oxygen atoms in total. The summed E-state index contributed by atoms with van der Waals surface area (Å²) in [6.07, 6.45) is -3.55. The Bertz CT molecular complexity index is 594. The van der Waals surface area contributed by atoms with Crippen molar-refractivity contribution in [3.8, 4) is 0 Å². The second kappa shape index (κ2) is 5.74. The summed E-state index contributed by atoms with van der Waals surface area (Å²) in [6.45, 7) is 0.158. The fourth-order valence-corrected chi connectivity index (χ4v) is 2.23. The Morgan fingerprint density at radius 3 is 2.60 bits per heavy atom. The zero-order chi connectivity index (χ0) is 14.8. The van der Waals surface area contributed by atoms with Gasteiger partial charge in [-0.15, -0.1) is 0 Å². The molecule has 0 saturated heterocycles. The highest BCUT2D eigenvalue weighted by molar-refractivity contribution is 7.15. The number of halogens is 5. The minimum Gasteiger partial charge on any atom is -0.361 e. The van der Waals surface area contributed by atoms with Gasteiger partial charge in [0.1, 0.15) is 16.5 Å². The highest BCUT2D eigenvalue weighted by atomic mass is 32.1. The van der Waals surface area contributed by atoms with E-state index in [0.29, 0.717) is 11.3 Å². The second-order valence-electron chi connectivity index (χ2n) is 3.94. The summed E-state index contributed by atoms with van der Waals surface area (Å²) < 4.78 is 63.2. The Balaban J connectivity index is 1.93. The third kappa shape index (κ3) is 3.66. The summed E-state index contributed by atoms with van der Waals surface area (Å²) in [7, 11) is 0. The van der Waals surface area contributed by atoms with Gasteiger partial charge in [-0.2, -0.15) is 13.2 Å². The van der Waals surface area contributed by atoms with Gasteiger partial charge in [0, 0.05) is 6.54 Å². The molecule has 1 aromatic carbocycles. The maximum atomic E-state index is 13.3. The van der Waals surface area contributed by atoms with Gasteiger partial charge in [-0.3, -0.25) is 0 Å². The summed E-state index contributed by atoms with van der Waals surface area (Å²) >= 11 is 0.467. The van der Waals surface area contributed by atoms with Crippen LogP contribution in [-0.4, -0.2) is 11.5 Å². The Morgan fingerprint density at radius 2 is 1.95 bits per heavy atom. The molecule has 0 aliphatic rings. The molecule has 0 unspecified atom stereocenters. The van der Waals surface area contributed by atoms with Gasteiger partial charge in [0.15, 0.2) is 5.13 Å². The third-order valence-corrected chi connectivity index (χ3v) is 3.46. The highest BCUT2D eigenvalue weighted by Gasteiger charge is 2.33. The van der Waals surface area contributed by atoms with Crippen LogP contribution in [0.5, 0.6) is 0 Å². The summed E-state index contributed by atoms with van der Waals surface area (Å²) in [5, 5.41) is 2.74. The Hall–Kier alpha value is -1.70. The number of rotatable bonds is 4. The van der Waals surface area contributed by atoms with Crippen molar-refractivity contribution in [3.63, 3.8) is 0 Å². The van der Waals surface area contributed by atoms with Crippen molar-refractivity contribution in [3.05, 3.63) is 46.5 Å². The van der Waals surface area contributed by atoms with Crippen LogP contribution in [0.15, 0.2) is 24.4 Å². The lowest BCUT2D eigenvalue weighted by atomic mass is 10.1. The van der Waals surface area contributed by atoms with Gasteiger partial charge in [0.05, 0.1) is 6.20 Å². The first-order valence-corrected chi connectivity index (χ1v) is 6.39. The zero-order valence-electron chi connectivity index (χ0n) is 9.97. The molecule has 1 N–H and O–H groups in total. The molecule has 0 atom stereocenters. The predicted molar refractivity (Wildman–Crippen MR) is 65.7 cm³/mol. The van der Waals surface area contributed by atoms with Crippen LogP contribution in [0.4, 0.5) is 27.1 Å². The van der Waals surface area contributed by atoms with Crippen molar-refractivity contribution in [1.29, 1.82) is 0 Å². The fraction of sp³-hybridized carbons (Fsp3) is 0.250. The van der Waals surface area contributed by atoms with Gasteiger partial charge in [-0.1, -0.05) is 11.3 Å². The minimum atomic E-state index is -4.42. The molecule has 1 heterocycles. The maximum absolute atomic E-state index is 13.3. The van der Waals surface area contributed by atoms with E-state index in [-0.39, 0.29) is 23.7 Å². The number of thiazole rings is 1. The topological polar surface area (TPSA) is 24.9 Å². The quantitative estimate of drug-likeness (QED) is 0.860. The first-order valence-electron chi connectivity index (χ1n) is 5.57. The summed E-state index contributed by atoms with van der Waals surface area (Å²) in [4.78, 5) is 2.77. The molecular formula is C12H9F5N2S. The van der Waals surface area contributed by atoms with Crippen molar-refractivity contribution in [2.75, 3.05) is 11.9 Å². The van der Waals surface area contributed by atoms with Crippen molar-refractivity contribution in [2.45, 2.75) is 12.6 Å². The van der Waals surface area contributed by atoms with Crippen LogP contribution >= 0.6 is 11.3 Å². The first-order chi connectivity index (χ1) is 9.36. The average molecular weight is 308 g/mol. The van der Waals surface area contributed by atoms with Crippen molar-refractivity contribution >= 4 is 16.5 Å². The van der Waals surface area contributed by atoms with E-state index in [1.165, 1.54) is 0 Å². The van der Waals surface area contributed by atoms with E-state index < -0.39 is 22.7 Å². The number of benzene rings is 1. The summed E-state index contributed by atoms with van der Waals surface area (Å²) in [5.41, 5.74) is 0.158. The smallest absolute Gasteiger partial charge is 0.361 e. The summed E-state index contributed by atoms with van der Waals surface area (Å²) in [6, 6.07) is 3.07. The van der Waals surface area contributed by atoms with E-state index in [4.69, 9.17) is 0 Å². The molecule has 2 rings (SSSR count). The molecule has 0 spiro atoms. The van der Waals surface area contributed by atoms with Gasteiger partial charge in [-0.25, -0.2) is 13.8 Å². The largest absolute Gasteiger partial charge is 0.427 e. The first kappa shape index (κ1) is 14.7. The van der Waals surface area contributed by atoms with Crippen LogP contribution in [0.1, 0.15) is 10.4 Å². The van der Waals surface area contributed by atoms with Crippen LogP contribution in [0.25, 0.3) is 0 Å². The number of nitrogens with zero attached hydrogens (tertiary/aromatic N) is 1. The third-order valence-electron chi connectivity index (χ3n) is 2.46. The van der Waals surface area contributed by atoms with E-state index in [0.717, 1.165) is 24.4 Å². The molecule has 1 aromatic heterocycles. The molecule has 0 amide bonds. The monoisotopic (exact) mass is 308 g/mol. The Morgan fingerprint density at radius 1 is 1.20 bits per heavy atom. The van der Waals surface area contributed by atoms with Crippen molar-refractivity contribution in [1.82, 2.24) is 4.98 Å². The van der Waals surface area contributed by atoms with Crippen LogP contribution in [0.2, 0.25) is 0 Å². The molecule has 108 valence electrons. The number of hydrogen-bond acceptors (Lipinski definition) is 3. The molecule has 8 heteroatoms. The SMILES string of the molecule is Fc1ccc(F)c(CCNc2ncc(C(F)(F)F)s2)c1. The fourth-order valence-electron chi connectivity index (χ4n) is 1.53. The molecule has 20 heavy (non-hydrogen) atoms. The minimum absolute atomic E-state index is 0.0918. The van der Waals surface area contributed by atoms with Gasteiger partial charge in [-0.05, 0) is 30.2 Å². The van der Waals surface area contributed by atoms with Crippen molar-refractivity contribution < 1.29 is 22.0 Å². The Kier molecular flexibility index (Phi) is 4.22. The average Bonchev–Trinajstić information content (AvgIpc) is 2.82. The Labute approximate surface area is 115 Å². The second-order valence-corrected chi connectivity index (χ2v) is 4.97. The highest BCUT2D eigenvalue weighted by Crippen LogP contribution is 2.34. The van der Waals surface area contributed by atoms with Crippen LogP contribution < -0.4 is 5.32 Å². The normalized spacial score (nSPS) is 11.7. The van der Waals surface area contributed by atoms with E-state index in [2.05, 4.69) is 10.3 Å². The zero-order valence-corrected chi connectivity index (χ0v) is 10.8. The van der Waals surface area contributed by atoms with E-state index in [1.807, 2.05) is 0 Å². The molecule has 0 radical (unpaired) electrons. The lowest BCUT2D eigenvalue weighted by molar-refractivity contribution is -0.134. The van der Waals surface area contributed by atoms with Crippen molar-refractivity contribution in [2.24, 2.45) is 0 Å². The van der Waals surface area contributed by atoms with Gasteiger partial charge in [0.25, 0.3) is 0 Å². The number of anilines is 1. The van der Waals surface area contributed by atoms with Gasteiger partial charge >= 0.3 is 6.18 Å². The van der Waals surface area contributed by atoms with Crippen LogP contribution in [-0.2, 0) is 12.6 Å². The van der Waals surface area contributed by atoms with Crippen LogP contribution in [0, 0.1) is 11.6 Å². The molecule has 0 aliphatic heterocycles. The molecule has 2 aromatic rings. The molecule has 0 saturated carbocycles. The molecular weight excluding hydrogens is 299 g/mol. The number of nitrogens with one attached hydrogen (secondary N) is 1.